The molecule has 3 heteroatoms. The van der Waals surface area contributed by atoms with Gasteiger partial charge in [0.2, 0.25) is 0 Å². The van der Waals surface area contributed by atoms with Crippen LogP contribution in [0.2, 0.25) is 0 Å². The zero-order valence-corrected chi connectivity index (χ0v) is 14.2. The Morgan fingerprint density at radius 1 is 1.25 bits per heavy atom. The van der Waals surface area contributed by atoms with Crippen molar-refractivity contribution in [2.24, 2.45) is 23.7 Å². The molecule has 1 heterocycles. The normalized spacial score (nSPS) is 30.2. The average Bonchev–Trinajstić information content (AvgIpc) is 2.66. The number of hydrogen-bond donors (Lipinski definition) is 1. The Morgan fingerprint density at radius 2 is 2.08 bits per heavy atom. The molecule has 0 amide bonds. The predicted octanol–water partition coefficient (Wildman–Crippen LogP) is 4.52. The van der Waals surface area contributed by atoms with E-state index in [0.717, 1.165) is 28.6 Å². The summed E-state index contributed by atoms with van der Waals surface area (Å²) in [5.41, 5.74) is 1.91. The van der Waals surface area contributed by atoms with E-state index in [1.165, 1.54) is 19.3 Å². The number of nitrogens with zero attached hydrogens (tertiary/aromatic N) is 1. The molecule has 3 nitrogen and oxygen atoms in total. The van der Waals surface area contributed by atoms with Crippen molar-refractivity contribution in [3.8, 4) is 5.75 Å². The van der Waals surface area contributed by atoms with Crippen LogP contribution in [0.4, 0.5) is 0 Å². The van der Waals surface area contributed by atoms with E-state index in [1.54, 1.807) is 13.3 Å². The van der Waals surface area contributed by atoms with E-state index in [0.29, 0.717) is 23.7 Å². The van der Waals surface area contributed by atoms with Gasteiger partial charge >= 0.3 is 0 Å². The molecule has 0 spiro atoms. The molecular formula is C21H25NO2. The van der Waals surface area contributed by atoms with E-state index in [4.69, 9.17) is 4.74 Å². The third kappa shape index (κ3) is 2.51. The third-order valence-corrected chi connectivity index (χ3v) is 6.28. The molecule has 1 aromatic carbocycles. The van der Waals surface area contributed by atoms with Crippen LogP contribution in [-0.4, -0.2) is 17.2 Å². The van der Waals surface area contributed by atoms with Gasteiger partial charge in [0, 0.05) is 11.6 Å². The number of methoxy groups -OCH3 is 1. The number of ether oxygens (including phenoxy) is 1. The van der Waals surface area contributed by atoms with Gasteiger partial charge in [0.05, 0.1) is 18.7 Å². The summed E-state index contributed by atoms with van der Waals surface area (Å²) in [4.78, 5) is 4.44. The first-order valence-electron chi connectivity index (χ1n) is 8.94. The minimum absolute atomic E-state index is 0.344. The second-order valence-corrected chi connectivity index (χ2v) is 7.36. The summed E-state index contributed by atoms with van der Waals surface area (Å²) in [6.07, 6.45) is 8.32. The van der Waals surface area contributed by atoms with Crippen LogP contribution in [-0.2, 0) is 0 Å². The van der Waals surface area contributed by atoms with E-state index in [2.05, 4.69) is 17.6 Å². The highest BCUT2D eigenvalue weighted by Crippen LogP contribution is 2.52. The standard InChI is InChI=1S/C21H25NO2/c1-3-13-10-15-5-4-14(13)11-18(15)21(23)17-8-9-22-20-7-6-16(24-2)12-19(17)20/h3,6-9,12-15,18,21,23H,1,4-5,10-11H2,2H3/t13-,14-,15?,18-,21?/m0/s1. The Morgan fingerprint density at radius 3 is 2.79 bits per heavy atom. The van der Waals surface area contributed by atoms with Crippen LogP contribution >= 0.6 is 0 Å². The number of aromatic nitrogens is 1. The van der Waals surface area contributed by atoms with Crippen LogP contribution in [0, 0.1) is 23.7 Å². The molecule has 1 aromatic heterocycles. The summed E-state index contributed by atoms with van der Waals surface area (Å²) in [6.45, 7) is 4.01. The first-order chi connectivity index (χ1) is 11.7. The zero-order chi connectivity index (χ0) is 16.7. The van der Waals surface area contributed by atoms with E-state index in [-0.39, 0.29) is 0 Å². The van der Waals surface area contributed by atoms with Crippen molar-refractivity contribution in [1.29, 1.82) is 0 Å². The second kappa shape index (κ2) is 6.21. The fraction of sp³-hybridized carbons (Fsp3) is 0.476. The van der Waals surface area contributed by atoms with Gasteiger partial charge in [-0.05, 0) is 79.2 Å². The van der Waals surface area contributed by atoms with Crippen LogP contribution in [0.1, 0.15) is 37.4 Å². The van der Waals surface area contributed by atoms with Gasteiger partial charge in [-0.25, -0.2) is 0 Å². The molecule has 3 saturated carbocycles. The minimum Gasteiger partial charge on any atom is -0.497 e. The van der Waals surface area contributed by atoms with Gasteiger partial charge in [-0.2, -0.15) is 0 Å². The number of aliphatic hydroxyl groups excluding tert-OH is 1. The summed E-state index contributed by atoms with van der Waals surface area (Å²) in [6, 6.07) is 7.85. The lowest BCUT2D eigenvalue weighted by molar-refractivity contribution is -0.0217. The monoisotopic (exact) mass is 323 g/mol. The van der Waals surface area contributed by atoms with Crippen molar-refractivity contribution in [3.63, 3.8) is 0 Å². The molecule has 5 atom stereocenters. The number of pyridine rings is 1. The van der Waals surface area contributed by atoms with Crippen LogP contribution in [0.5, 0.6) is 5.75 Å². The van der Waals surface area contributed by atoms with Crippen LogP contribution < -0.4 is 4.74 Å². The molecule has 0 aliphatic heterocycles. The molecule has 24 heavy (non-hydrogen) atoms. The van der Waals surface area contributed by atoms with Crippen molar-refractivity contribution >= 4 is 10.9 Å². The molecular weight excluding hydrogens is 298 g/mol. The number of fused-ring (bicyclic) bond motifs is 4. The molecule has 3 fully saturated rings. The Hall–Kier alpha value is -1.87. The van der Waals surface area contributed by atoms with E-state index in [1.807, 2.05) is 24.3 Å². The van der Waals surface area contributed by atoms with Crippen LogP contribution in [0.3, 0.4) is 0 Å². The summed E-state index contributed by atoms with van der Waals surface area (Å²) in [5.74, 6) is 3.08. The Labute approximate surface area is 143 Å². The maximum Gasteiger partial charge on any atom is 0.119 e. The smallest absolute Gasteiger partial charge is 0.119 e. The van der Waals surface area contributed by atoms with E-state index in [9.17, 15) is 5.11 Å². The number of aliphatic hydroxyl groups is 1. The third-order valence-electron chi connectivity index (χ3n) is 6.28. The number of allylic oxidation sites excluding steroid dienone is 1. The maximum atomic E-state index is 11.2. The van der Waals surface area contributed by atoms with Crippen molar-refractivity contribution in [1.82, 2.24) is 4.98 Å². The molecule has 2 bridgehead atoms. The summed E-state index contributed by atoms with van der Waals surface area (Å²) < 4.78 is 5.36. The largest absolute Gasteiger partial charge is 0.497 e. The van der Waals surface area contributed by atoms with Gasteiger partial charge in [0.25, 0.3) is 0 Å². The number of rotatable bonds is 4. The Bertz CT molecular complexity index is 757. The fourth-order valence-electron chi connectivity index (χ4n) is 4.96. The first-order valence-corrected chi connectivity index (χ1v) is 8.94. The lowest BCUT2D eigenvalue weighted by Crippen LogP contribution is -2.39. The van der Waals surface area contributed by atoms with Crippen molar-refractivity contribution in [2.75, 3.05) is 7.11 Å². The number of hydrogen-bond acceptors (Lipinski definition) is 3. The highest BCUT2D eigenvalue weighted by Gasteiger charge is 2.43. The highest BCUT2D eigenvalue weighted by molar-refractivity contribution is 5.83. The molecule has 2 aromatic rings. The van der Waals surface area contributed by atoms with Gasteiger partial charge in [0.1, 0.15) is 5.75 Å². The Balaban J connectivity index is 1.69. The topological polar surface area (TPSA) is 42.4 Å². The summed E-state index contributed by atoms with van der Waals surface area (Å²) >= 11 is 0. The first kappa shape index (κ1) is 15.6. The van der Waals surface area contributed by atoms with Crippen molar-refractivity contribution in [3.05, 3.63) is 48.7 Å². The lowest BCUT2D eigenvalue weighted by atomic mass is 9.58. The molecule has 1 N–H and O–H groups in total. The lowest BCUT2D eigenvalue weighted by Gasteiger charge is -2.48. The fourth-order valence-corrected chi connectivity index (χ4v) is 4.96. The SMILES string of the molecule is C=C[C@H]1CC2CC[C@H]1C[C@@H]2C(O)c1ccnc2ccc(OC)cc12. The number of benzene rings is 1. The second-order valence-electron chi connectivity index (χ2n) is 7.36. The minimum atomic E-state index is -0.429. The molecule has 126 valence electrons. The summed E-state index contributed by atoms with van der Waals surface area (Å²) in [5, 5.41) is 12.2. The van der Waals surface area contributed by atoms with E-state index < -0.39 is 6.10 Å². The quantitative estimate of drug-likeness (QED) is 0.842. The summed E-state index contributed by atoms with van der Waals surface area (Å²) in [7, 11) is 1.67. The molecule has 0 radical (unpaired) electrons. The van der Waals surface area contributed by atoms with Gasteiger partial charge in [-0.1, -0.05) is 6.08 Å². The molecule has 0 saturated heterocycles. The Kier molecular flexibility index (Phi) is 4.05. The van der Waals surface area contributed by atoms with Gasteiger partial charge < -0.3 is 9.84 Å². The van der Waals surface area contributed by atoms with Crippen molar-refractivity contribution < 1.29 is 9.84 Å². The molecule has 3 aliphatic rings. The van der Waals surface area contributed by atoms with Crippen molar-refractivity contribution in [2.45, 2.75) is 31.8 Å². The van der Waals surface area contributed by atoms with Crippen LogP contribution in [0.25, 0.3) is 10.9 Å². The van der Waals surface area contributed by atoms with E-state index >= 15 is 0 Å². The predicted molar refractivity (Wildman–Crippen MR) is 95.9 cm³/mol. The molecule has 2 unspecified atom stereocenters. The van der Waals surface area contributed by atoms with Gasteiger partial charge in [-0.3, -0.25) is 4.98 Å². The maximum absolute atomic E-state index is 11.2. The van der Waals surface area contributed by atoms with Gasteiger partial charge in [0.15, 0.2) is 0 Å². The average molecular weight is 323 g/mol. The molecule has 3 aliphatic carbocycles. The zero-order valence-electron chi connectivity index (χ0n) is 14.2. The highest BCUT2D eigenvalue weighted by atomic mass is 16.5. The van der Waals surface area contributed by atoms with Crippen LogP contribution in [0.15, 0.2) is 43.1 Å². The molecule has 5 rings (SSSR count). The van der Waals surface area contributed by atoms with Gasteiger partial charge in [-0.15, -0.1) is 6.58 Å².